The maximum absolute atomic E-state index is 2.28. The van der Waals surface area contributed by atoms with E-state index < -0.39 is 0 Å². The Labute approximate surface area is 101 Å². The van der Waals surface area contributed by atoms with Crippen LogP contribution in [0.2, 0.25) is 0 Å². The minimum Gasteiger partial charge on any atom is -0.0816 e. The predicted octanol–water partition coefficient (Wildman–Crippen LogP) is 5.59. The van der Waals surface area contributed by atoms with Crippen LogP contribution in [0.1, 0.15) is 53.4 Å². The molecular weight excluding hydrogens is 192 g/mol. The summed E-state index contributed by atoms with van der Waals surface area (Å²) in [5, 5.41) is 0. The summed E-state index contributed by atoms with van der Waals surface area (Å²) >= 11 is 0. The molecule has 0 amide bonds. The zero-order chi connectivity index (χ0) is 12.2. The summed E-state index contributed by atoms with van der Waals surface area (Å²) in [5.74, 6) is 0. The van der Waals surface area contributed by atoms with Crippen LogP contribution >= 0.6 is 0 Å². The van der Waals surface area contributed by atoms with Crippen LogP contribution in [-0.4, -0.2) is 0 Å². The number of hydrogen-bond acceptors (Lipinski definition) is 0. The van der Waals surface area contributed by atoms with E-state index in [4.69, 9.17) is 0 Å². The van der Waals surface area contributed by atoms with Crippen LogP contribution in [0.3, 0.4) is 0 Å². The van der Waals surface area contributed by atoms with Gasteiger partial charge in [-0.2, -0.15) is 0 Å². The van der Waals surface area contributed by atoms with E-state index in [1.165, 1.54) is 11.1 Å². The van der Waals surface area contributed by atoms with Gasteiger partial charge in [-0.15, -0.1) is 0 Å². The van der Waals surface area contributed by atoms with Gasteiger partial charge in [0, 0.05) is 0 Å². The molecule has 0 aromatic carbocycles. The average molecular weight is 218 g/mol. The number of hydrogen-bond donors (Lipinski definition) is 0. The summed E-state index contributed by atoms with van der Waals surface area (Å²) in [5.41, 5.74) is 2.84. The third kappa shape index (κ3) is 7.28. The van der Waals surface area contributed by atoms with Crippen molar-refractivity contribution in [2.75, 3.05) is 0 Å². The van der Waals surface area contributed by atoms with E-state index in [-0.39, 0.29) is 0 Å². The van der Waals surface area contributed by atoms with Gasteiger partial charge in [-0.1, -0.05) is 75.3 Å². The lowest BCUT2D eigenvalue weighted by Gasteiger charge is -1.95. The van der Waals surface area contributed by atoms with Gasteiger partial charge in [0.2, 0.25) is 0 Å². The second-order valence-electron chi connectivity index (χ2n) is 3.80. The first-order valence-corrected chi connectivity index (χ1v) is 6.51. The summed E-state index contributed by atoms with van der Waals surface area (Å²) in [6, 6.07) is 0. The Kier molecular flexibility index (Phi) is 9.80. The molecule has 0 aromatic heterocycles. The smallest absolute Gasteiger partial charge is 0.0311 e. The van der Waals surface area contributed by atoms with Gasteiger partial charge in [-0.25, -0.2) is 0 Å². The maximum Gasteiger partial charge on any atom is -0.0311 e. The largest absolute Gasteiger partial charge is 0.0816 e. The zero-order valence-electron chi connectivity index (χ0n) is 11.3. The summed E-state index contributed by atoms with van der Waals surface area (Å²) < 4.78 is 0. The van der Waals surface area contributed by atoms with Gasteiger partial charge in [0.15, 0.2) is 0 Å². The summed E-state index contributed by atoms with van der Waals surface area (Å²) in [7, 11) is 0. The monoisotopic (exact) mass is 218 g/mol. The van der Waals surface area contributed by atoms with Gasteiger partial charge in [-0.05, 0) is 25.7 Å². The van der Waals surface area contributed by atoms with Crippen LogP contribution in [0.5, 0.6) is 0 Å². The lowest BCUT2D eigenvalue weighted by atomic mass is 10.1. The Morgan fingerprint density at radius 2 is 1.06 bits per heavy atom. The molecule has 0 fully saturated rings. The number of allylic oxidation sites excluding steroid dienone is 8. The molecule has 0 heterocycles. The molecule has 0 aliphatic carbocycles. The molecule has 0 nitrogen and oxygen atoms in total. The van der Waals surface area contributed by atoms with E-state index in [1.54, 1.807) is 0 Å². The third-order valence-corrected chi connectivity index (χ3v) is 2.48. The highest BCUT2D eigenvalue weighted by Gasteiger charge is 1.86. The number of rotatable bonds is 7. The maximum atomic E-state index is 2.28. The van der Waals surface area contributed by atoms with Crippen molar-refractivity contribution in [3.63, 3.8) is 0 Å². The van der Waals surface area contributed by atoms with Crippen LogP contribution < -0.4 is 0 Å². The molecule has 90 valence electrons. The highest BCUT2D eigenvalue weighted by atomic mass is 13.9. The molecule has 0 saturated carbocycles. The van der Waals surface area contributed by atoms with E-state index >= 15 is 0 Å². The van der Waals surface area contributed by atoms with Gasteiger partial charge in [-0.3, -0.25) is 0 Å². The first-order chi connectivity index (χ1) is 7.78. The molecule has 0 bridgehead atoms. The van der Waals surface area contributed by atoms with Crippen LogP contribution in [0.25, 0.3) is 0 Å². The molecule has 0 N–H and O–H groups in total. The molecule has 16 heavy (non-hydrogen) atoms. The molecule has 0 aliphatic heterocycles. The molecule has 0 saturated heterocycles. The molecule has 0 spiro atoms. The fourth-order valence-electron chi connectivity index (χ4n) is 1.54. The van der Waals surface area contributed by atoms with Crippen LogP contribution in [0.4, 0.5) is 0 Å². The average Bonchev–Trinajstić information content (AvgIpc) is 2.31. The zero-order valence-corrected chi connectivity index (χ0v) is 11.3. The fraction of sp³-hybridized carbons (Fsp3) is 0.500. The van der Waals surface area contributed by atoms with Crippen molar-refractivity contribution < 1.29 is 0 Å². The van der Waals surface area contributed by atoms with E-state index in [1.807, 2.05) is 0 Å². The van der Waals surface area contributed by atoms with Crippen LogP contribution in [0.15, 0.2) is 47.6 Å². The molecule has 0 atom stereocenters. The molecule has 0 aliphatic rings. The van der Waals surface area contributed by atoms with E-state index in [0.29, 0.717) is 0 Å². The van der Waals surface area contributed by atoms with Crippen molar-refractivity contribution in [1.82, 2.24) is 0 Å². The third-order valence-electron chi connectivity index (χ3n) is 2.48. The highest BCUT2D eigenvalue weighted by molar-refractivity contribution is 5.26. The van der Waals surface area contributed by atoms with Gasteiger partial charge in [0.25, 0.3) is 0 Å². The molecule has 0 rings (SSSR count). The van der Waals surface area contributed by atoms with Crippen molar-refractivity contribution in [3.05, 3.63) is 47.6 Å². The lowest BCUT2D eigenvalue weighted by molar-refractivity contribution is 1.09. The second kappa shape index (κ2) is 10.5. The molecule has 0 heteroatoms. The quantitative estimate of drug-likeness (QED) is 0.488. The van der Waals surface area contributed by atoms with Crippen LogP contribution in [-0.2, 0) is 0 Å². The van der Waals surface area contributed by atoms with Crippen molar-refractivity contribution in [2.24, 2.45) is 0 Å². The first-order valence-electron chi connectivity index (χ1n) is 6.51. The Morgan fingerprint density at radius 1 is 0.688 bits per heavy atom. The Hall–Kier alpha value is -1.04. The van der Waals surface area contributed by atoms with E-state index in [0.717, 1.165) is 25.7 Å². The lowest BCUT2D eigenvalue weighted by Crippen LogP contribution is -1.75. The molecule has 0 aromatic rings. The van der Waals surface area contributed by atoms with Gasteiger partial charge in [0.05, 0.1) is 0 Å². The Bertz CT molecular complexity index is 244. The van der Waals surface area contributed by atoms with Crippen molar-refractivity contribution >= 4 is 0 Å². The normalized spacial score (nSPS) is 14.2. The summed E-state index contributed by atoms with van der Waals surface area (Å²) in [4.78, 5) is 0. The van der Waals surface area contributed by atoms with Crippen molar-refractivity contribution in [2.45, 2.75) is 53.4 Å². The van der Waals surface area contributed by atoms with Crippen molar-refractivity contribution in [1.29, 1.82) is 0 Å². The van der Waals surface area contributed by atoms with Gasteiger partial charge >= 0.3 is 0 Å². The van der Waals surface area contributed by atoms with E-state index in [2.05, 4.69) is 64.2 Å². The fourth-order valence-corrected chi connectivity index (χ4v) is 1.54. The summed E-state index contributed by atoms with van der Waals surface area (Å²) in [6.45, 7) is 8.75. The minimum atomic E-state index is 1.11. The molecular formula is C16H26. The van der Waals surface area contributed by atoms with Crippen molar-refractivity contribution in [3.8, 4) is 0 Å². The molecule has 0 radical (unpaired) electrons. The minimum absolute atomic E-state index is 1.11. The SMILES string of the molecule is CC/C=C(/C=C/C=C/C(=C/CC)CC)CC. The standard InChI is InChI=1S/C16H26/c1-5-11-15(7-3)13-9-10-14-16(8-4)12-6-2/h9-14H,5-8H2,1-4H3/b13-9+,14-10+,15-11+,16-12+. The second-order valence-corrected chi connectivity index (χ2v) is 3.80. The summed E-state index contributed by atoms with van der Waals surface area (Å²) in [6.07, 6.45) is 17.7. The predicted molar refractivity (Wildman–Crippen MR) is 75.6 cm³/mol. The first kappa shape index (κ1) is 15.0. The van der Waals surface area contributed by atoms with E-state index in [9.17, 15) is 0 Å². The Balaban J connectivity index is 4.31. The topological polar surface area (TPSA) is 0 Å². The van der Waals surface area contributed by atoms with Gasteiger partial charge < -0.3 is 0 Å². The molecule has 0 unspecified atom stereocenters. The Morgan fingerprint density at radius 3 is 1.31 bits per heavy atom. The van der Waals surface area contributed by atoms with Gasteiger partial charge in [0.1, 0.15) is 0 Å². The highest BCUT2D eigenvalue weighted by Crippen LogP contribution is 2.06. The van der Waals surface area contributed by atoms with Crippen LogP contribution in [0, 0.1) is 0 Å².